The van der Waals surface area contributed by atoms with Crippen molar-refractivity contribution < 1.29 is 23.8 Å². The number of halogens is 1. The van der Waals surface area contributed by atoms with E-state index in [1.807, 2.05) is 0 Å². The summed E-state index contributed by atoms with van der Waals surface area (Å²) < 4.78 is 16.9. The molecule has 1 heterocycles. The van der Waals surface area contributed by atoms with E-state index in [4.69, 9.17) is 14.2 Å². The molecule has 0 N–H and O–H groups in total. The quantitative estimate of drug-likeness (QED) is 0.474. The molecule has 0 radical (unpaired) electrons. The monoisotopic (exact) mass is 354 g/mol. The topological polar surface area (TPSA) is 61.8 Å². The highest BCUT2D eigenvalue weighted by atomic mass is 79.9. The van der Waals surface area contributed by atoms with Gasteiger partial charge in [0.05, 0.1) is 24.3 Å². The Morgan fingerprint density at radius 3 is 2.67 bits per heavy atom. The molecule has 3 rings (SSSR count). The standard InChI is InChI=1S/C15H15BrO5/c1-2-19-14(18)12(17)9-5-10(16)13-11(6-9)20-7-15(3-4-15)8-21-13/h5-6H,2-4,7-8H2,1H3. The van der Waals surface area contributed by atoms with E-state index in [0.717, 1.165) is 12.8 Å². The Balaban J connectivity index is 1.89. The van der Waals surface area contributed by atoms with Crippen molar-refractivity contribution in [2.75, 3.05) is 19.8 Å². The fraction of sp³-hybridized carbons (Fsp3) is 0.467. The first-order valence-corrected chi connectivity index (χ1v) is 7.64. The molecule has 1 aromatic rings. The number of esters is 1. The minimum atomic E-state index is -0.863. The second-order valence-electron chi connectivity index (χ2n) is 5.41. The maximum Gasteiger partial charge on any atom is 0.379 e. The predicted octanol–water partition coefficient (Wildman–Crippen LogP) is 2.75. The van der Waals surface area contributed by atoms with Crippen molar-refractivity contribution in [3.8, 4) is 11.5 Å². The van der Waals surface area contributed by atoms with Crippen LogP contribution in [0.3, 0.4) is 0 Å². The number of hydrogen-bond donors (Lipinski definition) is 0. The highest BCUT2D eigenvalue weighted by molar-refractivity contribution is 9.10. The third-order valence-electron chi connectivity index (χ3n) is 3.75. The Labute approximate surface area is 130 Å². The molecule has 1 saturated carbocycles. The number of rotatable bonds is 3. The van der Waals surface area contributed by atoms with Crippen molar-refractivity contribution in [2.24, 2.45) is 5.41 Å². The summed E-state index contributed by atoms with van der Waals surface area (Å²) >= 11 is 3.37. The van der Waals surface area contributed by atoms with Crippen LogP contribution < -0.4 is 9.47 Å². The summed E-state index contributed by atoms with van der Waals surface area (Å²) in [5.74, 6) is -0.480. The van der Waals surface area contributed by atoms with Crippen LogP contribution in [0.1, 0.15) is 30.1 Å². The van der Waals surface area contributed by atoms with Crippen molar-refractivity contribution in [1.29, 1.82) is 0 Å². The molecule has 0 atom stereocenters. The Morgan fingerprint density at radius 2 is 2.00 bits per heavy atom. The van der Waals surface area contributed by atoms with E-state index >= 15 is 0 Å². The zero-order chi connectivity index (χ0) is 15.0. The fourth-order valence-electron chi connectivity index (χ4n) is 2.22. The largest absolute Gasteiger partial charge is 0.489 e. The number of ether oxygens (including phenoxy) is 3. The molecule has 0 amide bonds. The van der Waals surface area contributed by atoms with Crippen molar-refractivity contribution in [2.45, 2.75) is 19.8 Å². The minimum absolute atomic E-state index is 0.115. The number of Topliss-reactive ketones (excluding diaryl/α,β-unsaturated/α-hetero) is 1. The lowest BCUT2D eigenvalue weighted by molar-refractivity contribution is -0.137. The highest BCUT2D eigenvalue weighted by Crippen LogP contribution is 2.50. The van der Waals surface area contributed by atoms with E-state index < -0.39 is 11.8 Å². The third-order valence-corrected chi connectivity index (χ3v) is 4.34. The zero-order valence-corrected chi connectivity index (χ0v) is 13.2. The van der Waals surface area contributed by atoms with Gasteiger partial charge in [-0.3, -0.25) is 4.79 Å². The van der Waals surface area contributed by atoms with Gasteiger partial charge in [-0.05, 0) is 47.8 Å². The summed E-state index contributed by atoms with van der Waals surface area (Å²) in [4.78, 5) is 23.6. The molecule has 2 aliphatic rings. The van der Waals surface area contributed by atoms with E-state index in [1.54, 1.807) is 19.1 Å². The van der Waals surface area contributed by atoms with E-state index in [-0.39, 0.29) is 17.6 Å². The molecule has 0 saturated heterocycles. The molecule has 1 aliphatic carbocycles. The van der Waals surface area contributed by atoms with E-state index in [1.165, 1.54) is 0 Å². The number of hydrogen-bond acceptors (Lipinski definition) is 5. The third kappa shape index (κ3) is 2.77. The Morgan fingerprint density at radius 1 is 1.29 bits per heavy atom. The van der Waals surface area contributed by atoms with Crippen molar-refractivity contribution >= 4 is 27.7 Å². The van der Waals surface area contributed by atoms with Gasteiger partial charge in [-0.15, -0.1) is 0 Å². The van der Waals surface area contributed by atoms with Crippen LogP contribution in [-0.2, 0) is 9.53 Å². The average molecular weight is 355 g/mol. The molecule has 0 aromatic heterocycles. The van der Waals surface area contributed by atoms with Crippen LogP contribution in [0, 0.1) is 5.41 Å². The second kappa shape index (κ2) is 5.33. The zero-order valence-electron chi connectivity index (χ0n) is 11.6. The summed E-state index contributed by atoms with van der Waals surface area (Å²) in [5, 5.41) is 0. The van der Waals surface area contributed by atoms with E-state index in [9.17, 15) is 9.59 Å². The van der Waals surface area contributed by atoms with Crippen molar-refractivity contribution in [3.05, 3.63) is 22.2 Å². The molecule has 21 heavy (non-hydrogen) atoms. The Bertz CT molecular complexity index is 606. The van der Waals surface area contributed by atoms with Gasteiger partial charge < -0.3 is 14.2 Å². The molecular formula is C15H15BrO5. The van der Waals surface area contributed by atoms with Crippen molar-refractivity contribution in [1.82, 2.24) is 0 Å². The fourth-order valence-corrected chi connectivity index (χ4v) is 2.78. The Hall–Kier alpha value is -1.56. The van der Waals surface area contributed by atoms with Crippen LogP contribution in [0.2, 0.25) is 0 Å². The summed E-state index contributed by atoms with van der Waals surface area (Å²) in [6.07, 6.45) is 2.18. The lowest BCUT2D eigenvalue weighted by atomic mass is 10.1. The Kier molecular flexibility index (Phi) is 3.65. The van der Waals surface area contributed by atoms with Crippen LogP contribution in [0.15, 0.2) is 16.6 Å². The van der Waals surface area contributed by atoms with E-state index in [2.05, 4.69) is 15.9 Å². The first-order chi connectivity index (χ1) is 10.0. The second-order valence-corrected chi connectivity index (χ2v) is 6.27. The summed E-state index contributed by atoms with van der Waals surface area (Å²) in [7, 11) is 0. The van der Waals surface area contributed by atoms with Gasteiger partial charge in [0, 0.05) is 11.0 Å². The van der Waals surface area contributed by atoms with Crippen LogP contribution in [-0.4, -0.2) is 31.6 Å². The lowest BCUT2D eigenvalue weighted by Crippen LogP contribution is -2.18. The number of carbonyl (C=O) groups is 2. The number of ketones is 1. The van der Waals surface area contributed by atoms with Crippen LogP contribution in [0.25, 0.3) is 0 Å². The smallest absolute Gasteiger partial charge is 0.379 e. The summed E-state index contributed by atoms with van der Waals surface area (Å²) in [6, 6.07) is 3.10. The maximum absolute atomic E-state index is 12.0. The minimum Gasteiger partial charge on any atom is -0.489 e. The molecular weight excluding hydrogens is 340 g/mol. The molecule has 1 fully saturated rings. The molecule has 0 unspecified atom stereocenters. The molecule has 5 nitrogen and oxygen atoms in total. The SMILES string of the molecule is CCOC(=O)C(=O)c1cc(Br)c2c(c1)OCC1(CC1)CO2. The first-order valence-electron chi connectivity index (χ1n) is 6.85. The van der Waals surface area contributed by atoms with Gasteiger partial charge in [-0.25, -0.2) is 4.79 Å². The molecule has 112 valence electrons. The molecule has 1 aromatic carbocycles. The van der Waals surface area contributed by atoms with Crippen LogP contribution in [0.5, 0.6) is 11.5 Å². The lowest BCUT2D eigenvalue weighted by Gasteiger charge is -2.10. The predicted molar refractivity (Wildman–Crippen MR) is 77.8 cm³/mol. The summed E-state index contributed by atoms with van der Waals surface area (Å²) in [6.45, 7) is 3.01. The number of benzene rings is 1. The van der Waals surface area contributed by atoms with Gasteiger partial charge in [0.1, 0.15) is 0 Å². The van der Waals surface area contributed by atoms with E-state index in [0.29, 0.717) is 29.2 Å². The van der Waals surface area contributed by atoms with Gasteiger partial charge >= 0.3 is 5.97 Å². The molecule has 1 spiro atoms. The van der Waals surface area contributed by atoms with Crippen molar-refractivity contribution in [3.63, 3.8) is 0 Å². The maximum atomic E-state index is 12.0. The number of fused-ring (bicyclic) bond motifs is 1. The average Bonchev–Trinajstić information content (AvgIpc) is 3.26. The highest BCUT2D eigenvalue weighted by Gasteiger charge is 2.46. The van der Waals surface area contributed by atoms with Gasteiger partial charge in [-0.2, -0.15) is 0 Å². The normalized spacial score (nSPS) is 18.0. The van der Waals surface area contributed by atoms with Crippen LogP contribution in [0.4, 0.5) is 0 Å². The van der Waals surface area contributed by atoms with Gasteiger partial charge in [-0.1, -0.05) is 0 Å². The van der Waals surface area contributed by atoms with Gasteiger partial charge in [0.25, 0.3) is 5.78 Å². The molecule has 6 heteroatoms. The number of carbonyl (C=O) groups excluding carboxylic acids is 2. The summed E-state index contributed by atoms with van der Waals surface area (Å²) in [5.41, 5.74) is 0.346. The van der Waals surface area contributed by atoms with Crippen LogP contribution >= 0.6 is 15.9 Å². The first kappa shape index (κ1) is 14.4. The van der Waals surface area contributed by atoms with Gasteiger partial charge in [0.2, 0.25) is 0 Å². The molecule has 1 aliphatic heterocycles. The van der Waals surface area contributed by atoms with Gasteiger partial charge in [0.15, 0.2) is 11.5 Å². The molecule has 0 bridgehead atoms.